The number of rotatable bonds is 2. The summed E-state index contributed by atoms with van der Waals surface area (Å²) in [5, 5.41) is 0. The number of hydrogen-bond donors (Lipinski definition) is 0. The van der Waals surface area contributed by atoms with Crippen LogP contribution in [0.2, 0.25) is 0 Å². The van der Waals surface area contributed by atoms with Gasteiger partial charge in [0.05, 0.1) is 13.2 Å². The highest BCUT2D eigenvalue weighted by molar-refractivity contribution is 5.44. The molecule has 0 aromatic carbocycles. The molecule has 4 rings (SSSR count). The van der Waals surface area contributed by atoms with Crippen LogP contribution in [0.4, 0.5) is 11.8 Å². The molecule has 3 aliphatic heterocycles. The number of ether oxygens (including phenoxy) is 2. The lowest BCUT2D eigenvalue weighted by Crippen LogP contribution is -2.45. The van der Waals surface area contributed by atoms with Crippen LogP contribution in [0.5, 0.6) is 0 Å². The van der Waals surface area contributed by atoms with Gasteiger partial charge in [-0.2, -0.15) is 4.98 Å². The maximum atomic E-state index is 5.80. The van der Waals surface area contributed by atoms with E-state index >= 15 is 0 Å². The van der Waals surface area contributed by atoms with Gasteiger partial charge in [0.25, 0.3) is 0 Å². The van der Waals surface area contributed by atoms with E-state index in [4.69, 9.17) is 14.5 Å². The molecule has 0 radical (unpaired) electrons. The van der Waals surface area contributed by atoms with Gasteiger partial charge < -0.3 is 19.3 Å². The summed E-state index contributed by atoms with van der Waals surface area (Å²) in [7, 11) is 0. The molecule has 6 heteroatoms. The Labute approximate surface area is 137 Å². The Morgan fingerprint density at radius 2 is 1.74 bits per heavy atom. The first-order valence-electron chi connectivity index (χ1n) is 8.85. The molecule has 3 aliphatic rings. The van der Waals surface area contributed by atoms with Gasteiger partial charge in [0.15, 0.2) is 5.79 Å². The van der Waals surface area contributed by atoms with Crippen LogP contribution in [0.1, 0.15) is 32.6 Å². The fourth-order valence-corrected chi connectivity index (χ4v) is 3.74. The Bertz CT molecular complexity index is 529. The van der Waals surface area contributed by atoms with E-state index in [1.54, 1.807) is 0 Å². The summed E-state index contributed by atoms with van der Waals surface area (Å²) in [6.07, 6.45) is 6.17. The number of nitrogens with zero attached hydrogens (tertiary/aromatic N) is 4. The third-order valence-electron chi connectivity index (χ3n) is 5.36. The molecule has 1 aromatic rings. The predicted octanol–water partition coefficient (Wildman–Crippen LogP) is 2.06. The second-order valence-electron chi connectivity index (χ2n) is 6.98. The van der Waals surface area contributed by atoms with Crippen molar-refractivity contribution in [1.82, 2.24) is 9.97 Å². The Hall–Kier alpha value is -1.40. The van der Waals surface area contributed by atoms with Gasteiger partial charge in [-0.05, 0) is 24.8 Å². The number of piperidine rings is 2. The lowest BCUT2D eigenvalue weighted by molar-refractivity contribution is -0.169. The van der Waals surface area contributed by atoms with Crippen LogP contribution in [0.25, 0.3) is 0 Å². The molecule has 1 spiro atoms. The SMILES string of the molecule is CC1CCN(c2ccnc(N3CCC4(CC3)OCCO4)n2)CC1. The van der Waals surface area contributed by atoms with Gasteiger partial charge in [-0.25, -0.2) is 4.98 Å². The van der Waals surface area contributed by atoms with Crippen molar-refractivity contribution in [2.75, 3.05) is 49.2 Å². The zero-order valence-electron chi connectivity index (χ0n) is 13.9. The molecule has 0 amide bonds. The minimum atomic E-state index is -0.336. The zero-order valence-corrected chi connectivity index (χ0v) is 13.9. The van der Waals surface area contributed by atoms with Crippen molar-refractivity contribution in [2.45, 2.75) is 38.4 Å². The maximum Gasteiger partial charge on any atom is 0.227 e. The van der Waals surface area contributed by atoms with Crippen molar-refractivity contribution >= 4 is 11.8 Å². The number of anilines is 2. The molecule has 126 valence electrons. The fourth-order valence-electron chi connectivity index (χ4n) is 3.74. The summed E-state index contributed by atoms with van der Waals surface area (Å²) in [5.74, 6) is 2.40. The Morgan fingerprint density at radius 3 is 2.43 bits per heavy atom. The average molecular weight is 318 g/mol. The van der Waals surface area contributed by atoms with Gasteiger partial charge in [-0.3, -0.25) is 0 Å². The Balaban J connectivity index is 1.42. The molecule has 3 saturated heterocycles. The topological polar surface area (TPSA) is 50.7 Å². The molecular weight excluding hydrogens is 292 g/mol. The Morgan fingerprint density at radius 1 is 1.04 bits per heavy atom. The molecule has 0 atom stereocenters. The van der Waals surface area contributed by atoms with Crippen molar-refractivity contribution in [3.63, 3.8) is 0 Å². The van der Waals surface area contributed by atoms with E-state index in [0.29, 0.717) is 0 Å². The van der Waals surface area contributed by atoms with Crippen molar-refractivity contribution < 1.29 is 9.47 Å². The van der Waals surface area contributed by atoms with Gasteiger partial charge in [-0.15, -0.1) is 0 Å². The lowest BCUT2D eigenvalue weighted by Gasteiger charge is -2.38. The maximum absolute atomic E-state index is 5.80. The summed E-state index contributed by atoms with van der Waals surface area (Å²) < 4.78 is 11.6. The van der Waals surface area contributed by atoms with Crippen molar-refractivity contribution in [3.05, 3.63) is 12.3 Å². The highest BCUT2D eigenvalue weighted by Crippen LogP contribution is 2.32. The summed E-state index contributed by atoms with van der Waals surface area (Å²) >= 11 is 0. The lowest BCUT2D eigenvalue weighted by atomic mass is 9.99. The zero-order chi connectivity index (χ0) is 15.7. The minimum absolute atomic E-state index is 0.336. The summed E-state index contributed by atoms with van der Waals surface area (Å²) in [6, 6.07) is 2.04. The van der Waals surface area contributed by atoms with Crippen LogP contribution in [0, 0.1) is 5.92 Å². The van der Waals surface area contributed by atoms with E-state index in [0.717, 1.165) is 69.9 Å². The molecule has 3 fully saturated rings. The first-order chi connectivity index (χ1) is 11.2. The highest BCUT2D eigenvalue weighted by atomic mass is 16.7. The largest absolute Gasteiger partial charge is 0.356 e. The first-order valence-corrected chi connectivity index (χ1v) is 8.85. The van der Waals surface area contributed by atoms with Crippen LogP contribution in [0.15, 0.2) is 12.3 Å². The second kappa shape index (κ2) is 6.24. The molecule has 1 aromatic heterocycles. The Kier molecular flexibility index (Phi) is 4.11. The van der Waals surface area contributed by atoms with Crippen LogP contribution in [0.3, 0.4) is 0 Å². The molecular formula is C17H26N4O2. The van der Waals surface area contributed by atoms with E-state index < -0.39 is 0 Å². The third kappa shape index (κ3) is 3.15. The molecule has 0 bridgehead atoms. The van der Waals surface area contributed by atoms with Gasteiger partial charge in [-0.1, -0.05) is 6.92 Å². The number of aromatic nitrogens is 2. The molecule has 23 heavy (non-hydrogen) atoms. The summed E-state index contributed by atoms with van der Waals surface area (Å²) in [6.45, 7) is 7.75. The van der Waals surface area contributed by atoms with Crippen molar-refractivity contribution in [3.8, 4) is 0 Å². The van der Waals surface area contributed by atoms with E-state index in [9.17, 15) is 0 Å². The van der Waals surface area contributed by atoms with Crippen molar-refractivity contribution in [2.24, 2.45) is 5.92 Å². The fraction of sp³-hybridized carbons (Fsp3) is 0.765. The van der Waals surface area contributed by atoms with E-state index in [-0.39, 0.29) is 5.79 Å². The predicted molar refractivity (Wildman–Crippen MR) is 88.7 cm³/mol. The quantitative estimate of drug-likeness (QED) is 0.832. The van der Waals surface area contributed by atoms with Gasteiger partial charge in [0, 0.05) is 45.2 Å². The molecule has 0 N–H and O–H groups in total. The molecule has 4 heterocycles. The van der Waals surface area contributed by atoms with Crippen LogP contribution in [-0.2, 0) is 9.47 Å². The van der Waals surface area contributed by atoms with Gasteiger partial charge in [0.1, 0.15) is 5.82 Å². The van der Waals surface area contributed by atoms with Crippen molar-refractivity contribution in [1.29, 1.82) is 0 Å². The molecule has 0 saturated carbocycles. The second-order valence-corrected chi connectivity index (χ2v) is 6.98. The standard InChI is InChI=1S/C17H26N4O2/c1-14-3-8-20(9-4-14)15-2-7-18-16(19-15)21-10-5-17(6-11-21)22-12-13-23-17/h2,7,14H,3-6,8-13H2,1H3. The van der Waals surface area contributed by atoms with Gasteiger partial charge in [0.2, 0.25) is 5.95 Å². The van der Waals surface area contributed by atoms with E-state index in [1.807, 2.05) is 12.3 Å². The smallest absolute Gasteiger partial charge is 0.227 e. The highest BCUT2D eigenvalue weighted by Gasteiger charge is 2.40. The third-order valence-corrected chi connectivity index (χ3v) is 5.36. The van der Waals surface area contributed by atoms with Crippen LogP contribution >= 0.6 is 0 Å². The molecule has 6 nitrogen and oxygen atoms in total. The summed E-state index contributed by atoms with van der Waals surface area (Å²) in [5.41, 5.74) is 0. The monoisotopic (exact) mass is 318 g/mol. The molecule has 0 aliphatic carbocycles. The van der Waals surface area contributed by atoms with Crippen LogP contribution < -0.4 is 9.80 Å². The van der Waals surface area contributed by atoms with Crippen LogP contribution in [-0.4, -0.2) is 55.1 Å². The van der Waals surface area contributed by atoms with E-state index in [1.165, 1.54) is 12.8 Å². The average Bonchev–Trinajstić information content (AvgIpc) is 3.04. The first kappa shape index (κ1) is 15.1. The summed E-state index contributed by atoms with van der Waals surface area (Å²) in [4.78, 5) is 14.0. The van der Waals surface area contributed by atoms with E-state index in [2.05, 4.69) is 21.7 Å². The number of hydrogen-bond acceptors (Lipinski definition) is 6. The normalized spacial score (nSPS) is 25.3. The minimum Gasteiger partial charge on any atom is -0.356 e. The van der Waals surface area contributed by atoms with Gasteiger partial charge >= 0.3 is 0 Å². The molecule has 0 unspecified atom stereocenters.